The molecule has 1 heterocycles. The van der Waals surface area contributed by atoms with Crippen molar-refractivity contribution in [3.05, 3.63) is 28.7 Å². The van der Waals surface area contributed by atoms with E-state index in [9.17, 15) is 8.42 Å². The first-order valence-electron chi connectivity index (χ1n) is 5.63. The van der Waals surface area contributed by atoms with Crippen LogP contribution in [0, 0.1) is 6.92 Å². The van der Waals surface area contributed by atoms with Crippen molar-refractivity contribution in [2.75, 3.05) is 20.6 Å². The van der Waals surface area contributed by atoms with E-state index in [0.717, 1.165) is 16.0 Å². The first-order valence-corrected chi connectivity index (χ1v) is 7.89. The second-order valence-corrected chi connectivity index (χ2v) is 7.83. The maximum Gasteiger partial charge on any atom is 0.252 e. The van der Waals surface area contributed by atoms with E-state index in [4.69, 9.17) is 0 Å². The van der Waals surface area contributed by atoms with Crippen molar-refractivity contribution in [3.63, 3.8) is 0 Å². The molecule has 0 bridgehead atoms. The number of nitrogens with zero attached hydrogens (tertiary/aromatic N) is 1. The fourth-order valence-electron chi connectivity index (χ4n) is 1.57. The third kappa shape index (κ3) is 3.41. The molecule has 0 fully saturated rings. The molecule has 0 saturated carbocycles. The van der Waals surface area contributed by atoms with Gasteiger partial charge in [0.05, 0.1) is 0 Å². The van der Waals surface area contributed by atoms with E-state index in [2.05, 4.69) is 11.9 Å². The highest BCUT2D eigenvalue weighted by Gasteiger charge is 2.23. The average Bonchev–Trinajstić information content (AvgIpc) is 2.60. The Labute approximate surface area is 113 Å². The molecule has 0 amide bonds. The average molecular weight is 288 g/mol. The lowest BCUT2D eigenvalue weighted by molar-refractivity contribution is 0.495. The maximum absolute atomic E-state index is 12.3. The van der Waals surface area contributed by atoms with Gasteiger partial charge in [-0.05, 0) is 32.5 Å². The summed E-state index contributed by atoms with van der Waals surface area (Å²) in [6.45, 7) is 8.53. The van der Waals surface area contributed by atoms with Crippen molar-refractivity contribution in [2.45, 2.75) is 24.6 Å². The van der Waals surface area contributed by atoms with E-state index >= 15 is 0 Å². The zero-order chi connectivity index (χ0) is 13.9. The largest absolute Gasteiger partial charge is 0.315 e. The molecule has 1 aromatic rings. The van der Waals surface area contributed by atoms with Crippen LogP contribution in [0.1, 0.15) is 17.4 Å². The monoisotopic (exact) mass is 288 g/mol. The molecule has 0 atom stereocenters. The van der Waals surface area contributed by atoms with Crippen molar-refractivity contribution in [2.24, 2.45) is 0 Å². The van der Waals surface area contributed by atoms with E-state index in [1.807, 2.05) is 20.9 Å². The van der Waals surface area contributed by atoms with E-state index in [1.54, 1.807) is 13.1 Å². The minimum Gasteiger partial charge on any atom is -0.315 e. The van der Waals surface area contributed by atoms with Crippen LogP contribution in [0.3, 0.4) is 0 Å². The highest BCUT2D eigenvalue weighted by atomic mass is 32.2. The Kier molecular flexibility index (Phi) is 5.10. The lowest BCUT2D eigenvalue weighted by Gasteiger charge is -2.15. The van der Waals surface area contributed by atoms with Gasteiger partial charge in [0.15, 0.2) is 0 Å². The molecule has 18 heavy (non-hydrogen) atoms. The predicted octanol–water partition coefficient (Wildman–Crippen LogP) is 1.97. The predicted molar refractivity (Wildman–Crippen MR) is 76.4 cm³/mol. The summed E-state index contributed by atoms with van der Waals surface area (Å²) in [5.74, 6) is 0. The highest BCUT2D eigenvalue weighted by Crippen LogP contribution is 2.28. The van der Waals surface area contributed by atoms with Gasteiger partial charge in [-0.15, -0.1) is 11.3 Å². The molecule has 0 unspecified atom stereocenters. The van der Waals surface area contributed by atoms with Crippen LogP contribution in [-0.4, -0.2) is 33.4 Å². The van der Waals surface area contributed by atoms with Gasteiger partial charge in [0.25, 0.3) is 10.0 Å². The van der Waals surface area contributed by atoms with Crippen molar-refractivity contribution < 1.29 is 8.42 Å². The van der Waals surface area contributed by atoms with Crippen LogP contribution in [0.15, 0.2) is 22.4 Å². The number of likely N-dealkylation sites (N-methyl/N-ethyl adjacent to an activating group) is 1. The smallest absolute Gasteiger partial charge is 0.252 e. The molecule has 6 heteroatoms. The highest BCUT2D eigenvalue weighted by molar-refractivity contribution is 7.91. The molecule has 0 spiro atoms. The topological polar surface area (TPSA) is 49.4 Å². The second kappa shape index (κ2) is 5.97. The number of aryl methyl sites for hydroxylation is 1. The third-order valence-corrected chi connectivity index (χ3v) is 5.98. The minimum absolute atomic E-state index is 0.348. The fourth-order valence-corrected chi connectivity index (χ4v) is 4.61. The lowest BCUT2D eigenvalue weighted by atomic mass is 10.3. The molecule has 1 N–H and O–H groups in total. The van der Waals surface area contributed by atoms with E-state index in [0.29, 0.717) is 17.3 Å². The first-order chi connectivity index (χ1) is 8.28. The van der Waals surface area contributed by atoms with Gasteiger partial charge in [-0.3, -0.25) is 0 Å². The molecule has 0 aliphatic carbocycles. The Morgan fingerprint density at radius 3 is 2.67 bits per heavy atom. The summed E-state index contributed by atoms with van der Waals surface area (Å²) >= 11 is 1.32. The number of rotatable bonds is 6. The first kappa shape index (κ1) is 15.4. The van der Waals surface area contributed by atoms with Crippen LogP contribution in [0.25, 0.3) is 0 Å². The molecule has 0 radical (unpaired) electrons. The van der Waals surface area contributed by atoms with Gasteiger partial charge in [0, 0.05) is 25.0 Å². The van der Waals surface area contributed by atoms with Gasteiger partial charge in [-0.2, -0.15) is 4.31 Å². The summed E-state index contributed by atoms with van der Waals surface area (Å²) in [4.78, 5) is 1.06. The van der Waals surface area contributed by atoms with Crippen molar-refractivity contribution in [1.29, 1.82) is 0 Å². The third-order valence-electron chi connectivity index (χ3n) is 2.49. The molecule has 4 nitrogen and oxygen atoms in total. The lowest BCUT2D eigenvalue weighted by Crippen LogP contribution is -2.27. The normalized spacial score (nSPS) is 12.1. The van der Waals surface area contributed by atoms with Crippen LogP contribution in [0.4, 0.5) is 0 Å². The molecule has 0 aliphatic rings. The molecule has 1 rings (SSSR count). The summed E-state index contributed by atoms with van der Waals surface area (Å²) in [5, 5.41) is 3.04. The molecule has 1 aromatic heterocycles. The van der Waals surface area contributed by atoms with Crippen LogP contribution in [0.5, 0.6) is 0 Å². The number of hydrogen-bond acceptors (Lipinski definition) is 4. The Morgan fingerprint density at radius 2 is 2.17 bits per heavy atom. The Balaban J connectivity index is 3.05. The maximum atomic E-state index is 12.3. The number of nitrogens with one attached hydrogen (secondary N) is 1. The van der Waals surface area contributed by atoms with Crippen LogP contribution in [0.2, 0.25) is 0 Å². The summed E-state index contributed by atoms with van der Waals surface area (Å²) in [6.07, 6.45) is 0. The molecule has 0 aliphatic heterocycles. The molecule has 102 valence electrons. The minimum atomic E-state index is -3.39. The summed E-state index contributed by atoms with van der Waals surface area (Å²) < 4.78 is 26.4. The quantitative estimate of drug-likeness (QED) is 0.814. The zero-order valence-electron chi connectivity index (χ0n) is 11.3. The van der Waals surface area contributed by atoms with Crippen LogP contribution in [-0.2, 0) is 16.6 Å². The Hall–Kier alpha value is -0.690. The SMILES string of the molecule is C=C(C)CN(C)S(=O)(=O)c1cc(C)c(CNC)s1. The summed E-state index contributed by atoms with van der Waals surface area (Å²) in [5.41, 5.74) is 1.83. The number of hydrogen-bond donors (Lipinski definition) is 1. The molecular weight excluding hydrogens is 268 g/mol. The molecule has 0 aromatic carbocycles. The van der Waals surface area contributed by atoms with Crippen molar-refractivity contribution in [3.8, 4) is 0 Å². The van der Waals surface area contributed by atoms with Gasteiger partial charge in [-0.25, -0.2) is 8.42 Å². The van der Waals surface area contributed by atoms with Crippen LogP contribution < -0.4 is 5.32 Å². The number of sulfonamides is 1. The zero-order valence-corrected chi connectivity index (χ0v) is 12.9. The molecule has 0 saturated heterocycles. The van der Waals surface area contributed by atoms with Gasteiger partial charge in [-0.1, -0.05) is 12.2 Å². The summed E-state index contributed by atoms with van der Waals surface area (Å²) in [6, 6.07) is 1.74. The fraction of sp³-hybridized carbons (Fsp3) is 0.500. The van der Waals surface area contributed by atoms with Crippen LogP contribution >= 0.6 is 11.3 Å². The molecular formula is C12H20N2O2S2. The van der Waals surface area contributed by atoms with E-state index < -0.39 is 10.0 Å². The standard InChI is InChI=1S/C12H20N2O2S2/c1-9(2)8-14(5)18(15,16)12-6-10(3)11(17-12)7-13-4/h6,13H,1,7-8H2,2-5H3. The van der Waals surface area contributed by atoms with Gasteiger partial charge >= 0.3 is 0 Å². The van der Waals surface area contributed by atoms with Gasteiger partial charge in [0.2, 0.25) is 0 Å². The Morgan fingerprint density at radius 1 is 1.56 bits per heavy atom. The van der Waals surface area contributed by atoms with Crippen molar-refractivity contribution >= 4 is 21.4 Å². The van der Waals surface area contributed by atoms with E-state index in [-0.39, 0.29) is 0 Å². The summed E-state index contributed by atoms with van der Waals surface area (Å²) in [7, 11) is 0.0371. The second-order valence-electron chi connectivity index (χ2n) is 4.42. The van der Waals surface area contributed by atoms with E-state index in [1.165, 1.54) is 15.6 Å². The Bertz CT molecular complexity index is 532. The van der Waals surface area contributed by atoms with Crippen molar-refractivity contribution in [1.82, 2.24) is 9.62 Å². The van der Waals surface area contributed by atoms with Gasteiger partial charge < -0.3 is 5.32 Å². The number of thiophene rings is 1. The van der Waals surface area contributed by atoms with Gasteiger partial charge in [0.1, 0.15) is 4.21 Å².